The molecule has 0 spiro atoms. The van der Waals surface area contributed by atoms with E-state index in [1.165, 1.54) is 5.56 Å². The molecule has 1 atom stereocenters. The van der Waals surface area contributed by atoms with Gasteiger partial charge in [-0.1, -0.05) is 39.7 Å². The number of hydrogen-bond acceptors (Lipinski definition) is 3. The van der Waals surface area contributed by atoms with E-state index in [4.69, 9.17) is 16.3 Å². The first kappa shape index (κ1) is 16.5. The van der Waals surface area contributed by atoms with Crippen LogP contribution in [-0.4, -0.2) is 30.5 Å². The van der Waals surface area contributed by atoms with E-state index in [0.717, 1.165) is 15.7 Å². The fourth-order valence-corrected chi connectivity index (χ4v) is 2.91. The summed E-state index contributed by atoms with van der Waals surface area (Å²) in [5.41, 5.74) is 3.29. The second-order valence-electron chi connectivity index (χ2n) is 4.82. The number of methoxy groups -OCH3 is 1. The molecule has 0 aliphatic carbocycles. The van der Waals surface area contributed by atoms with Gasteiger partial charge in [-0.15, -0.1) is 0 Å². The number of rotatable bonds is 6. The number of halogens is 2. The third-order valence-electron chi connectivity index (χ3n) is 3.43. The van der Waals surface area contributed by atoms with Crippen molar-refractivity contribution >= 4 is 27.5 Å². The van der Waals surface area contributed by atoms with Crippen molar-refractivity contribution in [2.45, 2.75) is 19.5 Å². The predicted molar refractivity (Wildman–Crippen MR) is 88.9 cm³/mol. The first-order chi connectivity index (χ1) is 10.1. The first-order valence-electron chi connectivity index (χ1n) is 6.72. The third-order valence-corrected chi connectivity index (χ3v) is 4.58. The second kappa shape index (κ2) is 7.40. The molecule has 0 bridgehead atoms. The normalized spacial score (nSPS) is 12.6. The van der Waals surface area contributed by atoms with Gasteiger partial charge in [0.2, 0.25) is 0 Å². The highest BCUT2D eigenvalue weighted by molar-refractivity contribution is 9.10. The number of ether oxygens (including phenoxy) is 1. The van der Waals surface area contributed by atoms with Crippen LogP contribution in [0.5, 0.6) is 0 Å². The van der Waals surface area contributed by atoms with Crippen LogP contribution in [0, 0.1) is 6.92 Å². The van der Waals surface area contributed by atoms with Gasteiger partial charge >= 0.3 is 0 Å². The minimum atomic E-state index is -0.0197. The van der Waals surface area contributed by atoms with Crippen LogP contribution in [-0.2, 0) is 11.3 Å². The molecule has 1 unspecified atom stereocenters. The van der Waals surface area contributed by atoms with E-state index in [0.29, 0.717) is 18.2 Å². The summed E-state index contributed by atoms with van der Waals surface area (Å²) in [7, 11) is 3.60. The molecule has 6 heteroatoms. The lowest BCUT2D eigenvalue weighted by Crippen LogP contribution is -2.23. The summed E-state index contributed by atoms with van der Waals surface area (Å²) in [6.07, 6.45) is 1.68. The highest BCUT2D eigenvalue weighted by atomic mass is 79.9. The molecule has 2 rings (SSSR count). The van der Waals surface area contributed by atoms with Crippen molar-refractivity contribution in [3.63, 3.8) is 0 Å². The average Bonchev–Trinajstić information content (AvgIpc) is 2.83. The predicted octanol–water partition coefficient (Wildman–Crippen LogP) is 3.56. The molecule has 0 aliphatic heterocycles. The molecule has 2 aromatic rings. The lowest BCUT2D eigenvalue weighted by Gasteiger charge is -2.20. The van der Waals surface area contributed by atoms with Gasteiger partial charge in [-0.25, -0.2) is 0 Å². The number of nitrogens with zero attached hydrogens (tertiary/aromatic N) is 2. The Hall–Kier alpha value is -0.880. The van der Waals surface area contributed by atoms with Crippen LogP contribution < -0.4 is 5.32 Å². The summed E-state index contributed by atoms with van der Waals surface area (Å²) in [4.78, 5) is 0. The summed E-state index contributed by atoms with van der Waals surface area (Å²) in [5.74, 6) is 0. The van der Waals surface area contributed by atoms with Crippen LogP contribution in [0.25, 0.3) is 0 Å². The van der Waals surface area contributed by atoms with E-state index < -0.39 is 0 Å². The van der Waals surface area contributed by atoms with E-state index in [9.17, 15) is 0 Å². The highest BCUT2D eigenvalue weighted by Gasteiger charge is 2.21. The van der Waals surface area contributed by atoms with Gasteiger partial charge in [0.25, 0.3) is 0 Å². The molecule has 1 heterocycles. The Kier molecular flexibility index (Phi) is 5.81. The molecule has 0 saturated heterocycles. The average molecular weight is 373 g/mol. The molecule has 0 fully saturated rings. The highest BCUT2D eigenvalue weighted by Crippen LogP contribution is 2.30. The fraction of sp³-hybridized carbons (Fsp3) is 0.400. The van der Waals surface area contributed by atoms with E-state index >= 15 is 0 Å². The second-order valence-corrected chi connectivity index (χ2v) is 6.09. The minimum absolute atomic E-state index is 0.0197. The van der Waals surface area contributed by atoms with Crippen molar-refractivity contribution in [1.29, 1.82) is 0 Å². The molecule has 0 saturated carbocycles. The van der Waals surface area contributed by atoms with Gasteiger partial charge in [0.1, 0.15) is 0 Å². The Balaban J connectivity index is 2.40. The van der Waals surface area contributed by atoms with Crippen molar-refractivity contribution in [2.75, 3.05) is 20.8 Å². The van der Waals surface area contributed by atoms with Crippen LogP contribution in [0.15, 0.2) is 28.9 Å². The first-order valence-corrected chi connectivity index (χ1v) is 7.89. The molecule has 114 valence electrons. The summed E-state index contributed by atoms with van der Waals surface area (Å²) in [6.45, 7) is 3.33. The molecule has 1 aromatic heterocycles. The Bertz CT molecular complexity index is 615. The smallest absolute Gasteiger partial charge is 0.0837 e. The molecule has 4 nitrogen and oxygen atoms in total. The number of hydrogen-bond donors (Lipinski definition) is 1. The fourth-order valence-electron chi connectivity index (χ4n) is 2.26. The maximum Gasteiger partial charge on any atom is 0.0837 e. The van der Waals surface area contributed by atoms with Crippen LogP contribution in [0.1, 0.15) is 22.9 Å². The van der Waals surface area contributed by atoms with Crippen molar-refractivity contribution in [3.8, 4) is 0 Å². The SMILES string of the molecule is CNC(c1ccc(C)c(Br)c1)c1c(Cl)cnn1CCOC. The van der Waals surface area contributed by atoms with Crippen LogP contribution in [0.4, 0.5) is 0 Å². The Labute approximate surface area is 138 Å². The topological polar surface area (TPSA) is 39.1 Å². The maximum absolute atomic E-state index is 6.34. The molecule has 0 amide bonds. The Morgan fingerprint density at radius 1 is 1.48 bits per heavy atom. The molecule has 1 aromatic carbocycles. The third kappa shape index (κ3) is 3.66. The number of aromatic nitrogens is 2. The standard InChI is InChI=1S/C15H19BrClN3O/c1-10-4-5-11(8-12(10)16)14(18-2)15-13(17)9-19-20(15)6-7-21-3/h4-5,8-9,14,18H,6-7H2,1-3H3. The molecule has 0 aliphatic rings. The zero-order chi connectivity index (χ0) is 15.4. The molecule has 0 radical (unpaired) electrons. The number of aryl methyl sites for hydroxylation is 1. The molecular weight excluding hydrogens is 354 g/mol. The maximum atomic E-state index is 6.34. The monoisotopic (exact) mass is 371 g/mol. The lowest BCUT2D eigenvalue weighted by atomic mass is 10.0. The van der Waals surface area contributed by atoms with Gasteiger partial charge in [0.05, 0.1) is 36.1 Å². The summed E-state index contributed by atoms with van der Waals surface area (Å²) < 4.78 is 8.10. The van der Waals surface area contributed by atoms with Crippen molar-refractivity contribution in [1.82, 2.24) is 15.1 Å². The van der Waals surface area contributed by atoms with E-state index in [1.807, 2.05) is 11.7 Å². The zero-order valence-corrected chi connectivity index (χ0v) is 14.7. The van der Waals surface area contributed by atoms with Gasteiger partial charge in [-0.3, -0.25) is 4.68 Å². The summed E-state index contributed by atoms with van der Waals surface area (Å²) >= 11 is 9.93. The van der Waals surface area contributed by atoms with E-state index in [2.05, 4.69) is 51.5 Å². The van der Waals surface area contributed by atoms with Crippen molar-refractivity contribution < 1.29 is 4.74 Å². The molecular formula is C15H19BrClN3O. The van der Waals surface area contributed by atoms with Crippen LogP contribution in [0.2, 0.25) is 5.02 Å². The van der Waals surface area contributed by atoms with Crippen LogP contribution in [0.3, 0.4) is 0 Å². The number of benzene rings is 1. The largest absolute Gasteiger partial charge is 0.383 e. The van der Waals surface area contributed by atoms with Gasteiger partial charge in [-0.05, 0) is 31.2 Å². The minimum Gasteiger partial charge on any atom is -0.383 e. The number of nitrogens with one attached hydrogen (secondary N) is 1. The summed E-state index contributed by atoms with van der Waals surface area (Å²) in [5, 5.41) is 8.31. The van der Waals surface area contributed by atoms with Crippen LogP contribution >= 0.6 is 27.5 Å². The summed E-state index contributed by atoms with van der Waals surface area (Å²) in [6, 6.07) is 6.29. The Morgan fingerprint density at radius 3 is 2.86 bits per heavy atom. The van der Waals surface area contributed by atoms with E-state index in [1.54, 1.807) is 13.3 Å². The quantitative estimate of drug-likeness (QED) is 0.842. The molecule has 1 N–H and O–H groups in total. The van der Waals surface area contributed by atoms with Crippen molar-refractivity contribution in [2.24, 2.45) is 0 Å². The zero-order valence-electron chi connectivity index (χ0n) is 12.4. The van der Waals surface area contributed by atoms with Gasteiger partial charge in [0.15, 0.2) is 0 Å². The van der Waals surface area contributed by atoms with Gasteiger partial charge in [0, 0.05) is 11.6 Å². The molecule has 21 heavy (non-hydrogen) atoms. The van der Waals surface area contributed by atoms with Gasteiger partial charge < -0.3 is 10.1 Å². The Morgan fingerprint density at radius 2 is 2.24 bits per heavy atom. The van der Waals surface area contributed by atoms with Gasteiger partial charge in [-0.2, -0.15) is 5.10 Å². The van der Waals surface area contributed by atoms with Crippen molar-refractivity contribution in [3.05, 3.63) is 50.7 Å². The lowest BCUT2D eigenvalue weighted by molar-refractivity contribution is 0.182. The van der Waals surface area contributed by atoms with E-state index in [-0.39, 0.29) is 6.04 Å².